The number of carbonyl (C=O) groups excluding carboxylic acids is 1. The molecule has 0 aliphatic heterocycles. The number of ketones is 1. The quantitative estimate of drug-likeness (QED) is 0.630. The number of rotatable bonds is 1. The summed E-state index contributed by atoms with van der Waals surface area (Å²) in [4.78, 5) is 14.4. The van der Waals surface area contributed by atoms with Gasteiger partial charge in [0.1, 0.15) is 5.78 Å². The van der Waals surface area contributed by atoms with Crippen molar-refractivity contribution in [2.45, 2.75) is 31.7 Å². The summed E-state index contributed by atoms with van der Waals surface area (Å²) in [5, 5.41) is 0. The van der Waals surface area contributed by atoms with Crippen molar-refractivity contribution in [3.63, 3.8) is 0 Å². The molecule has 0 spiro atoms. The molecule has 0 amide bonds. The molecule has 5 atom stereocenters. The Balaban J connectivity index is 1.93. The zero-order chi connectivity index (χ0) is 9.87. The van der Waals surface area contributed by atoms with E-state index in [1.807, 2.05) is 0 Å². The van der Waals surface area contributed by atoms with Gasteiger partial charge in [-0.05, 0) is 51.6 Å². The monoisotopic (exact) mass is 193 g/mol. The SMILES string of the molecule is CN(C)[C@H]1C2CC3CC(C2)C(=O)C1C3. The highest BCUT2D eigenvalue weighted by Crippen LogP contribution is 2.52. The van der Waals surface area contributed by atoms with Crippen LogP contribution in [0.2, 0.25) is 0 Å². The molecular formula is C12H19NO. The van der Waals surface area contributed by atoms with E-state index < -0.39 is 0 Å². The summed E-state index contributed by atoms with van der Waals surface area (Å²) in [5.41, 5.74) is 0. The normalized spacial score (nSPS) is 50.5. The third-order valence-electron chi connectivity index (χ3n) is 4.69. The van der Waals surface area contributed by atoms with Gasteiger partial charge in [-0.3, -0.25) is 4.79 Å². The minimum Gasteiger partial charge on any atom is -0.305 e. The summed E-state index contributed by atoms with van der Waals surface area (Å²) < 4.78 is 0. The lowest BCUT2D eigenvalue weighted by molar-refractivity contribution is -0.147. The van der Waals surface area contributed by atoms with Gasteiger partial charge in [-0.15, -0.1) is 0 Å². The van der Waals surface area contributed by atoms with E-state index in [-0.39, 0.29) is 0 Å². The molecule has 0 aromatic carbocycles. The predicted molar refractivity (Wildman–Crippen MR) is 54.9 cm³/mol. The fourth-order valence-corrected chi connectivity index (χ4v) is 4.38. The summed E-state index contributed by atoms with van der Waals surface area (Å²) in [5.74, 6) is 3.15. The molecule has 0 saturated heterocycles. The van der Waals surface area contributed by atoms with Gasteiger partial charge in [0.05, 0.1) is 0 Å². The first-order valence-electron chi connectivity index (χ1n) is 5.87. The van der Waals surface area contributed by atoms with Crippen molar-refractivity contribution in [2.24, 2.45) is 23.7 Å². The summed E-state index contributed by atoms with van der Waals surface area (Å²) >= 11 is 0. The van der Waals surface area contributed by atoms with Gasteiger partial charge >= 0.3 is 0 Å². The molecule has 4 saturated carbocycles. The fraction of sp³-hybridized carbons (Fsp3) is 0.917. The number of hydrogen-bond acceptors (Lipinski definition) is 2. The van der Waals surface area contributed by atoms with Crippen LogP contribution in [0.15, 0.2) is 0 Å². The Kier molecular flexibility index (Phi) is 1.79. The van der Waals surface area contributed by atoms with Crippen molar-refractivity contribution < 1.29 is 4.79 Å². The summed E-state index contributed by atoms with van der Waals surface area (Å²) in [6.45, 7) is 0. The minimum atomic E-state index is 0.390. The van der Waals surface area contributed by atoms with Crippen molar-refractivity contribution in [3.8, 4) is 0 Å². The van der Waals surface area contributed by atoms with Crippen LogP contribution >= 0.6 is 0 Å². The molecule has 0 heterocycles. The van der Waals surface area contributed by atoms with Crippen LogP contribution in [0.1, 0.15) is 25.7 Å². The molecule has 78 valence electrons. The van der Waals surface area contributed by atoms with Crippen LogP contribution in [0.25, 0.3) is 0 Å². The third kappa shape index (κ3) is 1.04. The van der Waals surface area contributed by atoms with E-state index in [1.54, 1.807) is 0 Å². The first-order chi connectivity index (χ1) is 6.66. The maximum atomic E-state index is 12.1. The van der Waals surface area contributed by atoms with Crippen LogP contribution < -0.4 is 0 Å². The van der Waals surface area contributed by atoms with Crippen LogP contribution in [0.4, 0.5) is 0 Å². The maximum Gasteiger partial charge on any atom is 0.140 e. The van der Waals surface area contributed by atoms with Gasteiger partial charge < -0.3 is 4.90 Å². The number of Topliss-reactive ketones (excluding diaryl/α,β-unsaturated/α-hetero) is 1. The molecule has 0 aromatic rings. The molecule has 0 aromatic heterocycles. The second kappa shape index (κ2) is 2.82. The summed E-state index contributed by atoms with van der Waals surface area (Å²) in [7, 11) is 4.28. The van der Waals surface area contributed by atoms with Gasteiger partial charge in [-0.25, -0.2) is 0 Å². The Labute approximate surface area is 85.7 Å². The molecule has 2 nitrogen and oxygen atoms in total. The number of hydrogen-bond donors (Lipinski definition) is 0. The standard InChI is InChI=1S/C12H19NO/c1-13(2)11-8-3-7-4-9(6-8)12(14)10(11)5-7/h7-11H,3-6H2,1-2H3/t7?,8?,9?,10?,11-/m0/s1. The van der Waals surface area contributed by atoms with Crippen molar-refractivity contribution in [1.82, 2.24) is 4.90 Å². The largest absolute Gasteiger partial charge is 0.305 e. The molecule has 2 heteroatoms. The average molecular weight is 193 g/mol. The Bertz CT molecular complexity index is 273. The van der Waals surface area contributed by atoms with Crippen molar-refractivity contribution >= 4 is 5.78 Å². The van der Waals surface area contributed by atoms with Gasteiger partial charge in [-0.1, -0.05) is 0 Å². The van der Waals surface area contributed by atoms with Gasteiger partial charge in [0.15, 0.2) is 0 Å². The van der Waals surface area contributed by atoms with E-state index >= 15 is 0 Å². The second-order valence-corrected chi connectivity index (χ2v) is 5.73. The Morgan fingerprint density at radius 1 is 1.14 bits per heavy atom. The Morgan fingerprint density at radius 3 is 2.64 bits per heavy atom. The van der Waals surface area contributed by atoms with E-state index in [1.165, 1.54) is 25.7 Å². The lowest BCUT2D eigenvalue weighted by atomic mass is 9.53. The van der Waals surface area contributed by atoms with Gasteiger partial charge in [0.25, 0.3) is 0 Å². The molecular weight excluding hydrogens is 174 g/mol. The molecule has 4 fully saturated rings. The van der Waals surface area contributed by atoms with Gasteiger partial charge in [-0.2, -0.15) is 0 Å². The Hall–Kier alpha value is -0.370. The van der Waals surface area contributed by atoms with Gasteiger partial charge in [0.2, 0.25) is 0 Å². The van der Waals surface area contributed by atoms with E-state index in [0.717, 1.165) is 11.8 Å². The van der Waals surface area contributed by atoms with E-state index in [4.69, 9.17) is 0 Å². The highest BCUT2D eigenvalue weighted by Gasteiger charge is 2.53. The number of nitrogens with zero attached hydrogens (tertiary/aromatic N) is 1. The van der Waals surface area contributed by atoms with Crippen molar-refractivity contribution in [1.29, 1.82) is 0 Å². The lowest BCUT2D eigenvalue weighted by Crippen LogP contribution is -2.58. The third-order valence-corrected chi connectivity index (χ3v) is 4.69. The smallest absolute Gasteiger partial charge is 0.140 e. The van der Waals surface area contributed by atoms with E-state index in [2.05, 4.69) is 19.0 Å². The van der Waals surface area contributed by atoms with Crippen molar-refractivity contribution in [3.05, 3.63) is 0 Å². The maximum absolute atomic E-state index is 12.1. The minimum absolute atomic E-state index is 0.390. The van der Waals surface area contributed by atoms with Crippen LogP contribution in [-0.4, -0.2) is 30.8 Å². The molecule has 14 heavy (non-hydrogen) atoms. The molecule has 4 bridgehead atoms. The Morgan fingerprint density at radius 2 is 1.93 bits per heavy atom. The molecule has 4 unspecified atom stereocenters. The highest BCUT2D eigenvalue weighted by molar-refractivity contribution is 5.86. The molecule has 4 aliphatic carbocycles. The first kappa shape index (κ1) is 8.90. The molecule has 4 aliphatic rings. The van der Waals surface area contributed by atoms with Crippen LogP contribution in [0.5, 0.6) is 0 Å². The highest BCUT2D eigenvalue weighted by atomic mass is 16.1. The second-order valence-electron chi connectivity index (χ2n) is 5.73. The molecule has 4 rings (SSSR count). The fourth-order valence-electron chi connectivity index (χ4n) is 4.38. The lowest BCUT2D eigenvalue weighted by Gasteiger charge is -2.55. The molecule has 0 N–H and O–H groups in total. The molecule has 0 radical (unpaired) electrons. The van der Waals surface area contributed by atoms with E-state index in [9.17, 15) is 4.79 Å². The van der Waals surface area contributed by atoms with Crippen LogP contribution in [0.3, 0.4) is 0 Å². The summed E-state index contributed by atoms with van der Waals surface area (Å²) in [6, 6.07) is 0.565. The van der Waals surface area contributed by atoms with Crippen LogP contribution in [-0.2, 0) is 4.79 Å². The number of carbonyl (C=O) groups is 1. The van der Waals surface area contributed by atoms with E-state index in [0.29, 0.717) is 23.7 Å². The average Bonchev–Trinajstić information content (AvgIpc) is 2.12. The topological polar surface area (TPSA) is 20.3 Å². The van der Waals surface area contributed by atoms with Crippen LogP contribution in [0, 0.1) is 23.7 Å². The first-order valence-corrected chi connectivity index (χ1v) is 5.87. The predicted octanol–water partition coefficient (Wildman–Crippen LogP) is 1.55. The zero-order valence-corrected chi connectivity index (χ0v) is 9.07. The summed E-state index contributed by atoms with van der Waals surface area (Å²) in [6.07, 6.45) is 4.98. The van der Waals surface area contributed by atoms with Gasteiger partial charge in [0, 0.05) is 17.9 Å². The zero-order valence-electron chi connectivity index (χ0n) is 9.07. The van der Waals surface area contributed by atoms with Crippen molar-refractivity contribution in [2.75, 3.05) is 14.1 Å².